The fraction of sp³-hybridized carbons (Fsp3) is 0.188. The number of sulfone groups is 1. The number of rotatable bonds is 3. The molecule has 0 atom stereocenters. The molecule has 0 heterocycles. The minimum absolute atomic E-state index is 0.315. The molecule has 0 aliphatic carbocycles. The van der Waals surface area contributed by atoms with E-state index in [9.17, 15) is 8.42 Å². The van der Waals surface area contributed by atoms with Crippen LogP contribution in [0.5, 0.6) is 0 Å². The SMILES string of the molecule is Cc1cc(CC#N)ccc1-c1cccc(S(C)(=O)=O)c1. The monoisotopic (exact) mass is 285 g/mol. The van der Waals surface area contributed by atoms with Crippen LogP contribution in [-0.2, 0) is 16.3 Å². The Bertz CT molecular complexity index is 786. The molecule has 0 bridgehead atoms. The lowest BCUT2D eigenvalue weighted by molar-refractivity contribution is 0.602. The summed E-state index contributed by atoms with van der Waals surface area (Å²) in [5.41, 5.74) is 3.85. The molecule has 20 heavy (non-hydrogen) atoms. The highest BCUT2D eigenvalue weighted by Crippen LogP contribution is 2.26. The number of aryl methyl sites for hydroxylation is 1. The van der Waals surface area contributed by atoms with Crippen LogP contribution in [0, 0.1) is 18.3 Å². The molecular weight excluding hydrogens is 270 g/mol. The lowest BCUT2D eigenvalue weighted by Gasteiger charge is -2.09. The fourth-order valence-electron chi connectivity index (χ4n) is 2.15. The average molecular weight is 285 g/mol. The number of benzene rings is 2. The molecule has 0 aliphatic rings. The second-order valence-electron chi connectivity index (χ2n) is 4.78. The van der Waals surface area contributed by atoms with Gasteiger partial charge in [0.15, 0.2) is 9.84 Å². The molecule has 0 saturated heterocycles. The normalized spacial score (nSPS) is 11.1. The van der Waals surface area contributed by atoms with Gasteiger partial charge in [0, 0.05) is 6.26 Å². The zero-order valence-corrected chi connectivity index (χ0v) is 12.2. The van der Waals surface area contributed by atoms with E-state index in [2.05, 4.69) is 6.07 Å². The molecule has 0 saturated carbocycles. The van der Waals surface area contributed by atoms with Crippen molar-refractivity contribution in [1.82, 2.24) is 0 Å². The van der Waals surface area contributed by atoms with E-state index in [0.717, 1.165) is 22.3 Å². The van der Waals surface area contributed by atoms with Gasteiger partial charge >= 0.3 is 0 Å². The number of hydrogen-bond acceptors (Lipinski definition) is 3. The summed E-state index contributed by atoms with van der Waals surface area (Å²) in [6.45, 7) is 1.96. The first-order valence-corrected chi connectivity index (χ1v) is 8.08. The van der Waals surface area contributed by atoms with E-state index in [1.54, 1.807) is 18.2 Å². The van der Waals surface area contributed by atoms with E-state index >= 15 is 0 Å². The number of nitrogens with zero attached hydrogens (tertiary/aromatic N) is 1. The Labute approximate surface area is 119 Å². The van der Waals surface area contributed by atoms with Gasteiger partial charge < -0.3 is 0 Å². The first kappa shape index (κ1) is 14.3. The maximum absolute atomic E-state index is 11.6. The van der Waals surface area contributed by atoms with E-state index < -0.39 is 9.84 Å². The standard InChI is InChI=1S/C16H15NO2S/c1-12-10-13(8-9-17)6-7-16(12)14-4-3-5-15(11-14)20(2,18)19/h3-7,10-11H,8H2,1-2H3. The molecule has 0 fully saturated rings. The van der Waals surface area contributed by atoms with Crippen LogP contribution >= 0.6 is 0 Å². The molecule has 0 N–H and O–H groups in total. The Morgan fingerprint density at radius 1 is 1.15 bits per heavy atom. The van der Waals surface area contributed by atoms with Gasteiger partial charge in [0.25, 0.3) is 0 Å². The molecule has 0 spiro atoms. The summed E-state index contributed by atoms with van der Waals surface area (Å²) in [6, 6.07) is 14.8. The molecule has 3 nitrogen and oxygen atoms in total. The predicted octanol–water partition coefficient (Wildman–Crippen LogP) is 3.13. The quantitative estimate of drug-likeness (QED) is 0.870. The van der Waals surface area contributed by atoms with Crippen LogP contribution in [0.1, 0.15) is 11.1 Å². The van der Waals surface area contributed by atoms with Crippen molar-refractivity contribution in [1.29, 1.82) is 5.26 Å². The molecular formula is C16H15NO2S. The highest BCUT2D eigenvalue weighted by molar-refractivity contribution is 7.90. The van der Waals surface area contributed by atoms with Gasteiger partial charge in [0.05, 0.1) is 17.4 Å². The molecule has 0 amide bonds. The summed E-state index contributed by atoms with van der Waals surface area (Å²) >= 11 is 0. The topological polar surface area (TPSA) is 57.9 Å². The van der Waals surface area contributed by atoms with Crippen molar-refractivity contribution in [3.05, 3.63) is 53.6 Å². The Morgan fingerprint density at radius 2 is 1.90 bits per heavy atom. The first-order valence-electron chi connectivity index (χ1n) is 6.19. The third-order valence-corrected chi connectivity index (χ3v) is 4.26. The van der Waals surface area contributed by atoms with Crippen LogP contribution in [0.3, 0.4) is 0 Å². The molecule has 0 aromatic heterocycles. The van der Waals surface area contributed by atoms with Crippen molar-refractivity contribution >= 4 is 9.84 Å². The minimum Gasteiger partial charge on any atom is -0.224 e. The molecule has 0 aliphatic heterocycles. The van der Waals surface area contributed by atoms with E-state index in [-0.39, 0.29) is 0 Å². The van der Waals surface area contributed by atoms with Gasteiger partial charge in [-0.2, -0.15) is 5.26 Å². The van der Waals surface area contributed by atoms with Crippen molar-refractivity contribution in [3.63, 3.8) is 0 Å². The van der Waals surface area contributed by atoms with Crippen LogP contribution in [0.15, 0.2) is 47.4 Å². The second kappa shape index (κ2) is 5.48. The lowest BCUT2D eigenvalue weighted by atomic mass is 9.98. The van der Waals surface area contributed by atoms with Crippen molar-refractivity contribution in [3.8, 4) is 17.2 Å². The van der Waals surface area contributed by atoms with E-state index in [1.807, 2.05) is 31.2 Å². The van der Waals surface area contributed by atoms with Gasteiger partial charge in [-0.1, -0.05) is 30.3 Å². The van der Waals surface area contributed by atoms with Gasteiger partial charge in [-0.05, 0) is 41.3 Å². The molecule has 0 unspecified atom stereocenters. The van der Waals surface area contributed by atoms with Gasteiger partial charge in [0.2, 0.25) is 0 Å². The average Bonchev–Trinajstić information content (AvgIpc) is 2.38. The highest BCUT2D eigenvalue weighted by Gasteiger charge is 2.09. The van der Waals surface area contributed by atoms with Gasteiger partial charge in [-0.25, -0.2) is 8.42 Å². The largest absolute Gasteiger partial charge is 0.224 e. The van der Waals surface area contributed by atoms with E-state index in [0.29, 0.717) is 11.3 Å². The molecule has 0 radical (unpaired) electrons. The molecule has 2 aromatic carbocycles. The van der Waals surface area contributed by atoms with Crippen molar-refractivity contribution in [2.45, 2.75) is 18.2 Å². The summed E-state index contributed by atoms with van der Waals surface area (Å²) in [5, 5.41) is 8.71. The molecule has 2 aromatic rings. The third-order valence-electron chi connectivity index (χ3n) is 3.15. The van der Waals surface area contributed by atoms with Crippen LogP contribution in [0.4, 0.5) is 0 Å². The summed E-state index contributed by atoms with van der Waals surface area (Å²) in [6.07, 6.45) is 1.58. The first-order chi connectivity index (χ1) is 9.41. The van der Waals surface area contributed by atoms with Crippen LogP contribution < -0.4 is 0 Å². The van der Waals surface area contributed by atoms with Crippen LogP contribution in [0.25, 0.3) is 11.1 Å². The molecule has 2 rings (SSSR count). The minimum atomic E-state index is -3.21. The smallest absolute Gasteiger partial charge is 0.175 e. The second-order valence-corrected chi connectivity index (χ2v) is 6.80. The Balaban J connectivity index is 2.50. The summed E-state index contributed by atoms with van der Waals surface area (Å²) in [4.78, 5) is 0.315. The maximum Gasteiger partial charge on any atom is 0.175 e. The van der Waals surface area contributed by atoms with Crippen molar-refractivity contribution in [2.24, 2.45) is 0 Å². The number of nitriles is 1. The predicted molar refractivity (Wildman–Crippen MR) is 79.0 cm³/mol. The van der Waals surface area contributed by atoms with Gasteiger partial charge in [0.1, 0.15) is 0 Å². The van der Waals surface area contributed by atoms with Gasteiger partial charge in [-0.3, -0.25) is 0 Å². The maximum atomic E-state index is 11.6. The summed E-state index contributed by atoms with van der Waals surface area (Å²) in [7, 11) is -3.21. The Morgan fingerprint density at radius 3 is 2.50 bits per heavy atom. The number of hydrogen-bond donors (Lipinski definition) is 0. The van der Waals surface area contributed by atoms with E-state index in [1.165, 1.54) is 6.26 Å². The zero-order valence-electron chi connectivity index (χ0n) is 11.4. The van der Waals surface area contributed by atoms with Crippen molar-refractivity contribution < 1.29 is 8.42 Å². The lowest BCUT2D eigenvalue weighted by Crippen LogP contribution is -1.97. The van der Waals surface area contributed by atoms with Crippen LogP contribution in [-0.4, -0.2) is 14.7 Å². The van der Waals surface area contributed by atoms with Gasteiger partial charge in [-0.15, -0.1) is 0 Å². The fourth-order valence-corrected chi connectivity index (χ4v) is 2.81. The zero-order chi connectivity index (χ0) is 14.8. The molecule has 4 heteroatoms. The molecule has 102 valence electrons. The highest BCUT2D eigenvalue weighted by atomic mass is 32.2. The van der Waals surface area contributed by atoms with Crippen molar-refractivity contribution in [2.75, 3.05) is 6.26 Å². The Kier molecular flexibility index (Phi) is 3.91. The third kappa shape index (κ3) is 3.06. The van der Waals surface area contributed by atoms with E-state index in [4.69, 9.17) is 5.26 Å². The Hall–Kier alpha value is -2.12. The summed E-state index contributed by atoms with van der Waals surface area (Å²) in [5.74, 6) is 0. The summed E-state index contributed by atoms with van der Waals surface area (Å²) < 4.78 is 23.2. The van der Waals surface area contributed by atoms with Crippen LogP contribution in [0.2, 0.25) is 0 Å².